The lowest BCUT2D eigenvalue weighted by atomic mass is 10.1. The van der Waals surface area contributed by atoms with Crippen LogP contribution >= 0.6 is 11.6 Å². The maximum atomic E-state index is 12.4. The highest BCUT2D eigenvalue weighted by Crippen LogP contribution is 2.24. The number of hydrogen-bond donors (Lipinski definition) is 1. The molecule has 126 valence electrons. The van der Waals surface area contributed by atoms with Crippen LogP contribution in [0.1, 0.15) is 20.7 Å². The van der Waals surface area contributed by atoms with Crippen LogP contribution in [0, 0.1) is 0 Å². The average Bonchev–Trinajstić information content (AvgIpc) is 2.62. The van der Waals surface area contributed by atoms with E-state index in [0.29, 0.717) is 11.0 Å². The molecule has 3 rings (SSSR count). The third-order valence-electron chi connectivity index (χ3n) is 3.52. The predicted molar refractivity (Wildman–Crippen MR) is 93.2 cm³/mol. The number of fused-ring (bicyclic) bond motifs is 1. The molecule has 1 aromatic heterocycles. The van der Waals surface area contributed by atoms with E-state index in [0.717, 1.165) is 0 Å². The van der Waals surface area contributed by atoms with Crippen molar-refractivity contribution in [3.63, 3.8) is 0 Å². The van der Waals surface area contributed by atoms with Gasteiger partial charge in [-0.3, -0.25) is 4.79 Å². The Bertz CT molecular complexity index is 1040. The zero-order valence-electron chi connectivity index (χ0n) is 13.0. The number of rotatable bonds is 3. The number of esters is 1. The third-order valence-corrected chi connectivity index (χ3v) is 3.85. The topological polar surface area (TPSA) is 85.6 Å². The summed E-state index contributed by atoms with van der Waals surface area (Å²) in [4.78, 5) is 36.1. The van der Waals surface area contributed by atoms with E-state index in [2.05, 4.69) is 10.1 Å². The summed E-state index contributed by atoms with van der Waals surface area (Å²) >= 11 is 6.04. The Labute approximate surface area is 147 Å². The zero-order valence-corrected chi connectivity index (χ0v) is 13.8. The number of hydrogen-bond acceptors (Lipinski definition) is 5. The number of methoxy groups -OCH3 is 1. The molecule has 0 spiro atoms. The second-order valence-electron chi connectivity index (χ2n) is 5.13. The monoisotopic (exact) mass is 357 g/mol. The van der Waals surface area contributed by atoms with Gasteiger partial charge in [0, 0.05) is 5.39 Å². The second kappa shape index (κ2) is 6.78. The van der Waals surface area contributed by atoms with Gasteiger partial charge in [-0.2, -0.15) is 0 Å². The Morgan fingerprint density at radius 1 is 1.12 bits per heavy atom. The van der Waals surface area contributed by atoms with Crippen molar-refractivity contribution in [3.8, 4) is 0 Å². The summed E-state index contributed by atoms with van der Waals surface area (Å²) in [5.41, 5.74) is -0.153. The Balaban J connectivity index is 1.96. The van der Waals surface area contributed by atoms with Crippen LogP contribution in [0.15, 0.2) is 57.7 Å². The van der Waals surface area contributed by atoms with E-state index in [1.807, 2.05) is 0 Å². The molecule has 0 aliphatic rings. The lowest BCUT2D eigenvalue weighted by Crippen LogP contribution is -2.21. The molecular formula is C18H12ClNO5. The molecule has 1 amide bonds. The fourth-order valence-electron chi connectivity index (χ4n) is 2.28. The number of carbonyl (C=O) groups excluding carboxylic acids is 2. The average molecular weight is 358 g/mol. The molecule has 6 nitrogen and oxygen atoms in total. The summed E-state index contributed by atoms with van der Waals surface area (Å²) in [6, 6.07) is 12.6. The highest BCUT2D eigenvalue weighted by atomic mass is 35.5. The van der Waals surface area contributed by atoms with Gasteiger partial charge in [0.15, 0.2) is 0 Å². The molecule has 0 aliphatic heterocycles. The van der Waals surface area contributed by atoms with Crippen LogP contribution in [0.2, 0.25) is 5.02 Å². The van der Waals surface area contributed by atoms with E-state index < -0.39 is 17.5 Å². The van der Waals surface area contributed by atoms with E-state index in [-0.39, 0.29) is 21.8 Å². The van der Waals surface area contributed by atoms with Gasteiger partial charge in [0.1, 0.15) is 11.1 Å². The number of para-hydroxylation sites is 1. The van der Waals surface area contributed by atoms with Gasteiger partial charge in [-0.15, -0.1) is 0 Å². The number of halogens is 1. The van der Waals surface area contributed by atoms with Gasteiger partial charge in [0.25, 0.3) is 5.91 Å². The molecule has 2 aromatic carbocycles. The van der Waals surface area contributed by atoms with Gasteiger partial charge < -0.3 is 14.5 Å². The molecule has 0 unspecified atom stereocenters. The molecular weight excluding hydrogens is 346 g/mol. The summed E-state index contributed by atoms with van der Waals surface area (Å²) in [6.45, 7) is 0. The van der Waals surface area contributed by atoms with E-state index in [9.17, 15) is 14.4 Å². The third kappa shape index (κ3) is 3.39. The lowest BCUT2D eigenvalue weighted by Gasteiger charge is -2.09. The van der Waals surface area contributed by atoms with Crippen molar-refractivity contribution >= 4 is 40.1 Å². The minimum absolute atomic E-state index is 0.168. The smallest absolute Gasteiger partial charge is 0.349 e. The molecule has 0 saturated carbocycles. The molecule has 1 heterocycles. The number of ether oxygens (including phenoxy) is 1. The standard InChI is InChI=1S/C18H12ClNO5/c1-24-17(22)11-6-7-13(19)14(9-11)20-16(21)12-8-10-4-2-3-5-15(10)25-18(12)23/h2-9H,1H3,(H,20,21). The summed E-state index contributed by atoms with van der Waals surface area (Å²) in [5, 5.41) is 3.34. The van der Waals surface area contributed by atoms with Gasteiger partial charge in [-0.05, 0) is 30.3 Å². The summed E-state index contributed by atoms with van der Waals surface area (Å²) in [7, 11) is 1.25. The maximum Gasteiger partial charge on any atom is 0.349 e. The zero-order chi connectivity index (χ0) is 18.0. The molecule has 0 bridgehead atoms. The molecule has 0 fully saturated rings. The van der Waals surface area contributed by atoms with Crippen LogP contribution < -0.4 is 10.9 Å². The van der Waals surface area contributed by atoms with Crippen LogP contribution in [-0.4, -0.2) is 19.0 Å². The number of amides is 1. The predicted octanol–water partition coefficient (Wildman–Crippen LogP) is 3.49. The number of anilines is 1. The van der Waals surface area contributed by atoms with Crippen LogP contribution in [0.3, 0.4) is 0 Å². The van der Waals surface area contributed by atoms with Crippen molar-refractivity contribution in [3.05, 3.63) is 75.1 Å². The van der Waals surface area contributed by atoms with E-state index in [1.165, 1.54) is 31.4 Å². The van der Waals surface area contributed by atoms with Crippen molar-refractivity contribution in [1.29, 1.82) is 0 Å². The van der Waals surface area contributed by atoms with Gasteiger partial charge in [-0.1, -0.05) is 29.8 Å². The Hall–Kier alpha value is -3.12. The van der Waals surface area contributed by atoms with Crippen LogP contribution in [0.5, 0.6) is 0 Å². The van der Waals surface area contributed by atoms with Crippen molar-refractivity contribution < 1.29 is 18.7 Å². The SMILES string of the molecule is COC(=O)c1ccc(Cl)c(NC(=O)c2cc3ccccc3oc2=O)c1. The molecule has 3 aromatic rings. The fourth-order valence-corrected chi connectivity index (χ4v) is 2.44. The van der Waals surface area contributed by atoms with Crippen LogP contribution in [-0.2, 0) is 4.74 Å². The highest BCUT2D eigenvalue weighted by molar-refractivity contribution is 6.34. The number of nitrogens with one attached hydrogen (secondary N) is 1. The van der Waals surface area contributed by atoms with Crippen molar-refractivity contribution in [1.82, 2.24) is 0 Å². The normalized spacial score (nSPS) is 10.5. The number of carbonyl (C=O) groups is 2. The lowest BCUT2D eigenvalue weighted by molar-refractivity contribution is 0.0600. The van der Waals surface area contributed by atoms with Crippen LogP contribution in [0.25, 0.3) is 11.0 Å². The summed E-state index contributed by atoms with van der Waals surface area (Å²) in [6.07, 6.45) is 0. The van der Waals surface area contributed by atoms with Crippen molar-refractivity contribution in [2.75, 3.05) is 12.4 Å². The van der Waals surface area contributed by atoms with Crippen molar-refractivity contribution in [2.24, 2.45) is 0 Å². The van der Waals surface area contributed by atoms with E-state index in [1.54, 1.807) is 24.3 Å². The summed E-state index contributed by atoms with van der Waals surface area (Å²) < 4.78 is 9.77. The Kier molecular flexibility index (Phi) is 4.54. The highest BCUT2D eigenvalue weighted by Gasteiger charge is 2.16. The van der Waals surface area contributed by atoms with Gasteiger partial charge in [0.2, 0.25) is 0 Å². The minimum Gasteiger partial charge on any atom is -0.465 e. The Morgan fingerprint density at radius 2 is 1.88 bits per heavy atom. The second-order valence-corrected chi connectivity index (χ2v) is 5.53. The first-order valence-electron chi connectivity index (χ1n) is 7.21. The van der Waals surface area contributed by atoms with E-state index >= 15 is 0 Å². The van der Waals surface area contributed by atoms with Gasteiger partial charge >= 0.3 is 11.6 Å². The largest absolute Gasteiger partial charge is 0.465 e. The van der Waals surface area contributed by atoms with Gasteiger partial charge in [-0.25, -0.2) is 9.59 Å². The first-order chi connectivity index (χ1) is 12.0. The maximum absolute atomic E-state index is 12.4. The molecule has 0 aliphatic carbocycles. The fraction of sp³-hybridized carbons (Fsp3) is 0.0556. The first kappa shape index (κ1) is 16.7. The molecule has 0 atom stereocenters. The van der Waals surface area contributed by atoms with Gasteiger partial charge in [0.05, 0.1) is 23.4 Å². The molecule has 1 N–H and O–H groups in total. The molecule has 0 saturated heterocycles. The molecule has 7 heteroatoms. The first-order valence-corrected chi connectivity index (χ1v) is 7.59. The van der Waals surface area contributed by atoms with Crippen molar-refractivity contribution in [2.45, 2.75) is 0 Å². The minimum atomic E-state index is -0.767. The quantitative estimate of drug-likeness (QED) is 0.573. The molecule has 0 radical (unpaired) electrons. The summed E-state index contributed by atoms with van der Waals surface area (Å²) in [5.74, 6) is -1.26. The van der Waals surface area contributed by atoms with E-state index in [4.69, 9.17) is 16.0 Å². The Morgan fingerprint density at radius 3 is 2.64 bits per heavy atom. The number of benzene rings is 2. The molecule has 25 heavy (non-hydrogen) atoms. The van der Waals surface area contributed by atoms with Crippen LogP contribution in [0.4, 0.5) is 5.69 Å².